The molecule has 0 bridgehead atoms. The second-order valence-corrected chi connectivity index (χ2v) is 2.94. The van der Waals surface area contributed by atoms with E-state index in [4.69, 9.17) is 0 Å². The van der Waals surface area contributed by atoms with Crippen LogP contribution >= 0.6 is 0 Å². The highest BCUT2D eigenvalue weighted by Gasteiger charge is 2.24. The fourth-order valence-electron chi connectivity index (χ4n) is 1.36. The second kappa shape index (κ2) is 3.51. The summed E-state index contributed by atoms with van der Waals surface area (Å²) in [5.41, 5.74) is 0. The van der Waals surface area contributed by atoms with Gasteiger partial charge in [-0.15, -0.1) is 0 Å². The first-order valence-corrected chi connectivity index (χ1v) is 4.07. The molecule has 0 spiro atoms. The van der Waals surface area contributed by atoms with E-state index in [1.165, 1.54) is 0 Å². The van der Waals surface area contributed by atoms with Crippen molar-refractivity contribution in [3.8, 4) is 0 Å². The van der Waals surface area contributed by atoms with Crippen LogP contribution in [0.4, 0.5) is 0 Å². The Hall–Kier alpha value is -0.860. The number of amides is 2. The monoisotopic (exact) mass is 155 g/mol. The molecular formula is C8H13NO2. The maximum absolute atomic E-state index is 11.1. The third-order valence-electron chi connectivity index (χ3n) is 1.99. The van der Waals surface area contributed by atoms with Crippen LogP contribution in [0.15, 0.2) is 0 Å². The number of carbonyl (C=O) groups is 2. The highest BCUT2D eigenvalue weighted by molar-refractivity contribution is 5.98. The number of carbonyl (C=O) groups excluding carboxylic acids is 2. The molecule has 1 N–H and O–H groups in total. The molecule has 0 aromatic heterocycles. The van der Waals surface area contributed by atoms with E-state index in [2.05, 4.69) is 5.32 Å². The third-order valence-corrected chi connectivity index (χ3v) is 1.99. The average Bonchev–Trinajstić information content (AvgIpc) is 1.95. The lowest BCUT2D eigenvalue weighted by molar-refractivity contribution is -0.136. The summed E-state index contributed by atoms with van der Waals surface area (Å²) < 4.78 is 0. The van der Waals surface area contributed by atoms with Gasteiger partial charge in [-0.25, -0.2) is 0 Å². The summed E-state index contributed by atoms with van der Waals surface area (Å²) >= 11 is 0. The molecule has 2 amide bonds. The van der Waals surface area contributed by atoms with Crippen molar-refractivity contribution in [1.29, 1.82) is 0 Å². The van der Waals surface area contributed by atoms with Gasteiger partial charge in [0, 0.05) is 12.3 Å². The smallest absolute Gasteiger partial charge is 0.229 e. The van der Waals surface area contributed by atoms with Crippen LogP contribution in [0.2, 0.25) is 0 Å². The fourth-order valence-corrected chi connectivity index (χ4v) is 1.36. The molecule has 1 saturated heterocycles. The number of hydrogen-bond donors (Lipinski definition) is 1. The minimum atomic E-state index is -0.123. The van der Waals surface area contributed by atoms with Crippen molar-refractivity contribution in [2.75, 3.05) is 0 Å². The van der Waals surface area contributed by atoms with Crippen LogP contribution in [0.5, 0.6) is 0 Å². The van der Waals surface area contributed by atoms with Crippen molar-refractivity contribution in [3.63, 3.8) is 0 Å². The summed E-state index contributed by atoms with van der Waals surface area (Å²) in [6, 6.07) is 0. The molecule has 1 atom stereocenters. The first-order chi connectivity index (χ1) is 5.24. The van der Waals surface area contributed by atoms with Crippen LogP contribution < -0.4 is 5.32 Å². The molecule has 1 fully saturated rings. The van der Waals surface area contributed by atoms with Gasteiger partial charge in [0.15, 0.2) is 0 Å². The zero-order valence-corrected chi connectivity index (χ0v) is 6.72. The van der Waals surface area contributed by atoms with E-state index in [0.717, 1.165) is 19.3 Å². The Labute approximate surface area is 66.2 Å². The molecule has 0 saturated carbocycles. The van der Waals surface area contributed by atoms with Crippen molar-refractivity contribution < 1.29 is 9.59 Å². The van der Waals surface area contributed by atoms with Crippen molar-refractivity contribution in [3.05, 3.63) is 0 Å². The van der Waals surface area contributed by atoms with E-state index < -0.39 is 0 Å². The lowest BCUT2D eigenvalue weighted by Crippen LogP contribution is -2.40. The molecule has 62 valence electrons. The van der Waals surface area contributed by atoms with Gasteiger partial charge in [-0.3, -0.25) is 14.9 Å². The molecule has 0 aliphatic carbocycles. The summed E-state index contributed by atoms with van der Waals surface area (Å²) in [6.07, 6.45) is 3.15. The highest BCUT2D eigenvalue weighted by atomic mass is 16.2. The molecule has 0 aromatic rings. The molecule has 11 heavy (non-hydrogen) atoms. The van der Waals surface area contributed by atoms with Gasteiger partial charge in [0.2, 0.25) is 11.8 Å². The number of piperidine rings is 1. The summed E-state index contributed by atoms with van der Waals surface area (Å²) in [4.78, 5) is 21.8. The summed E-state index contributed by atoms with van der Waals surface area (Å²) in [6.45, 7) is 2.05. The predicted molar refractivity (Wildman–Crippen MR) is 40.8 cm³/mol. The topological polar surface area (TPSA) is 46.2 Å². The van der Waals surface area contributed by atoms with Gasteiger partial charge < -0.3 is 0 Å². The molecule has 3 nitrogen and oxygen atoms in total. The largest absolute Gasteiger partial charge is 0.296 e. The maximum atomic E-state index is 11.1. The molecular weight excluding hydrogens is 142 g/mol. The summed E-state index contributed by atoms with van der Waals surface area (Å²) in [7, 11) is 0. The number of nitrogens with one attached hydrogen (secondary N) is 1. The zero-order valence-electron chi connectivity index (χ0n) is 6.72. The molecule has 3 heteroatoms. The van der Waals surface area contributed by atoms with E-state index >= 15 is 0 Å². The molecule has 1 heterocycles. The first kappa shape index (κ1) is 8.24. The van der Waals surface area contributed by atoms with Gasteiger partial charge in [-0.05, 0) is 12.8 Å². The van der Waals surface area contributed by atoms with Crippen molar-refractivity contribution in [2.24, 2.45) is 5.92 Å². The normalized spacial score (nSPS) is 25.0. The Morgan fingerprint density at radius 1 is 1.55 bits per heavy atom. The molecule has 0 radical (unpaired) electrons. The Morgan fingerprint density at radius 2 is 2.27 bits per heavy atom. The molecule has 1 aliphatic heterocycles. The second-order valence-electron chi connectivity index (χ2n) is 2.94. The van der Waals surface area contributed by atoms with Gasteiger partial charge >= 0.3 is 0 Å². The standard InChI is InChI=1S/C8H13NO2/c1-2-3-6-4-5-7(10)9-8(6)11/h6H,2-5H2,1H3,(H,9,10,11). The molecule has 1 unspecified atom stereocenters. The predicted octanol–water partition coefficient (Wildman–Crippen LogP) is 0.839. The molecule has 1 aliphatic rings. The van der Waals surface area contributed by atoms with Crippen molar-refractivity contribution in [1.82, 2.24) is 5.32 Å². The van der Waals surface area contributed by atoms with E-state index in [9.17, 15) is 9.59 Å². The van der Waals surface area contributed by atoms with Crippen LogP contribution in [0.25, 0.3) is 0 Å². The molecule has 0 aromatic carbocycles. The van der Waals surface area contributed by atoms with Gasteiger partial charge in [-0.1, -0.05) is 13.3 Å². The lowest BCUT2D eigenvalue weighted by Gasteiger charge is -2.19. The number of imide groups is 1. The Morgan fingerprint density at radius 3 is 2.82 bits per heavy atom. The Balaban J connectivity index is 2.44. The van der Waals surface area contributed by atoms with Crippen LogP contribution in [0, 0.1) is 5.92 Å². The summed E-state index contributed by atoms with van der Waals surface area (Å²) in [5.74, 6) is -0.122. The quantitative estimate of drug-likeness (QED) is 0.600. The zero-order chi connectivity index (χ0) is 8.27. The van der Waals surface area contributed by atoms with Crippen LogP contribution in [-0.4, -0.2) is 11.8 Å². The van der Waals surface area contributed by atoms with Gasteiger partial charge in [0.1, 0.15) is 0 Å². The van der Waals surface area contributed by atoms with Gasteiger partial charge in [-0.2, -0.15) is 0 Å². The lowest BCUT2D eigenvalue weighted by atomic mass is 9.94. The molecule has 1 rings (SSSR count). The Kier molecular flexibility index (Phi) is 2.63. The van der Waals surface area contributed by atoms with E-state index in [-0.39, 0.29) is 17.7 Å². The number of rotatable bonds is 2. The highest BCUT2D eigenvalue weighted by Crippen LogP contribution is 2.16. The van der Waals surface area contributed by atoms with Gasteiger partial charge in [0.05, 0.1) is 0 Å². The average molecular weight is 155 g/mol. The fraction of sp³-hybridized carbons (Fsp3) is 0.750. The van der Waals surface area contributed by atoms with Gasteiger partial charge in [0.25, 0.3) is 0 Å². The van der Waals surface area contributed by atoms with Crippen LogP contribution in [0.3, 0.4) is 0 Å². The minimum Gasteiger partial charge on any atom is -0.296 e. The summed E-state index contributed by atoms with van der Waals surface area (Å²) in [5, 5.41) is 2.34. The van der Waals surface area contributed by atoms with Crippen molar-refractivity contribution in [2.45, 2.75) is 32.6 Å². The van der Waals surface area contributed by atoms with E-state index in [0.29, 0.717) is 6.42 Å². The third kappa shape index (κ3) is 2.03. The minimum absolute atomic E-state index is 0.0805. The van der Waals surface area contributed by atoms with E-state index in [1.807, 2.05) is 6.92 Å². The van der Waals surface area contributed by atoms with Crippen LogP contribution in [-0.2, 0) is 9.59 Å². The maximum Gasteiger partial charge on any atom is 0.229 e. The first-order valence-electron chi connectivity index (χ1n) is 4.07. The van der Waals surface area contributed by atoms with Crippen LogP contribution in [0.1, 0.15) is 32.6 Å². The van der Waals surface area contributed by atoms with E-state index in [1.54, 1.807) is 0 Å². The number of hydrogen-bond acceptors (Lipinski definition) is 2. The Bertz CT molecular complexity index is 177. The van der Waals surface area contributed by atoms with Crippen molar-refractivity contribution >= 4 is 11.8 Å². The SMILES string of the molecule is CCCC1CCC(=O)NC1=O.